The molecule has 1 aliphatic rings. The molecule has 3 aromatic rings. The first-order chi connectivity index (χ1) is 12.5. The van der Waals surface area contributed by atoms with E-state index in [1.54, 1.807) is 24.3 Å². The van der Waals surface area contributed by atoms with E-state index in [4.69, 9.17) is 20.8 Å². The number of carbonyl (C=O) groups is 3. The molecule has 0 spiro atoms. The Morgan fingerprint density at radius 2 is 1.88 bits per heavy atom. The van der Waals surface area contributed by atoms with Crippen molar-refractivity contribution in [2.45, 2.75) is 6.92 Å². The quantitative estimate of drug-likeness (QED) is 0.397. The number of esters is 1. The Morgan fingerprint density at radius 1 is 1.12 bits per heavy atom. The molecular formula is C19H10ClNO5. The van der Waals surface area contributed by atoms with Crippen LogP contribution < -0.4 is 4.74 Å². The number of hydrogen-bond donors (Lipinski definition) is 0. The van der Waals surface area contributed by atoms with E-state index >= 15 is 0 Å². The molecule has 0 bridgehead atoms. The predicted octanol–water partition coefficient (Wildman–Crippen LogP) is 3.63. The lowest BCUT2D eigenvalue weighted by Crippen LogP contribution is -2.23. The third-order valence-corrected chi connectivity index (χ3v) is 4.34. The Morgan fingerprint density at radius 3 is 2.65 bits per heavy atom. The molecule has 0 fully saturated rings. The van der Waals surface area contributed by atoms with E-state index in [1.807, 2.05) is 0 Å². The van der Waals surface area contributed by atoms with Gasteiger partial charge in [-0.15, -0.1) is 0 Å². The van der Waals surface area contributed by atoms with Crippen molar-refractivity contribution in [1.29, 1.82) is 0 Å². The monoisotopic (exact) mass is 367 g/mol. The average Bonchev–Trinajstić information content (AvgIpc) is 2.99. The van der Waals surface area contributed by atoms with Crippen molar-refractivity contribution in [1.82, 2.24) is 4.98 Å². The molecule has 0 amide bonds. The van der Waals surface area contributed by atoms with Gasteiger partial charge in [0.1, 0.15) is 22.8 Å². The van der Waals surface area contributed by atoms with Gasteiger partial charge in [0.05, 0.1) is 16.1 Å². The molecule has 0 saturated heterocycles. The number of benzene rings is 1. The van der Waals surface area contributed by atoms with Gasteiger partial charge in [0.15, 0.2) is 5.76 Å². The Bertz CT molecular complexity index is 1100. The molecular weight excluding hydrogens is 358 g/mol. The number of nitrogens with zero attached hydrogens (tertiary/aromatic N) is 1. The maximum absolute atomic E-state index is 12.8. The summed E-state index contributed by atoms with van der Waals surface area (Å²) in [5, 5.41) is 0.241. The SMILES string of the molecule is Cc1oc2c(c1C(=O)Oc1ccccc1Cl)C(=O)c1ncccc1C2=O. The summed E-state index contributed by atoms with van der Waals surface area (Å²) in [7, 11) is 0. The smallest absolute Gasteiger partial charge is 0.347 e. The van der Waals surface area contributed by atoms with Gasteiger partial charge >= 0.3 is 5.97 Å². The Hall–Kier alpha value is -3.25. The van der Waals surface area contributed by atoms with Crippen molar-refractivity contribution in [3.05, 3.63) is 81.5 Å². The molecule has 7 heteroatoms. The lowest BCUT2D eigenvalue weighted by Gasteiger charge is -2.12. The molecule has 4 rings (SSSR count). The number of carbonyl (C=O) groups excluding carboxylic acids is 3. The topological polar surface area (TPSA) is 86.5 Å². The van der Waals surface area contributed by atoms with Crippen molar-refractivity contribution in [2.24, 2.45) is 0 Å². The van der Waals surface area contributed by atoms with Crippen molar-refractivity contribution in [3.63, 3.8) is 0 Å². The van der Waals surface area contributed by atoms with Crippen LogP contribution in [-0.4, -0.2) is 22.5 Å². The van der Waals surface area contributed by atoms with E-state index in [0.29, 0.717) is 0 Å². The summed E-state index contributed by atoms with van der Waals surface area (Å²) in [6.07, 6.45) is 1.41. The standard InChI is InChI=1S/C19H10ClNO5/c1-9-13(19(24)26-12-7-3-2-6-11(12)20)14-17(23)15-10(5-4-8-21-15)16(22)18(14)25-9/h2-8H,1H3. The first-order valence-electron chi connectivity index (χ1n) is 7.63. The number of aromatic nitrogens is 1. The third kappa shape index (κ3) is 2.34. The number of halogens is 1. The number of pyridine rings is 1. The van der Waals surface area contributed by atoms with Gasteiger partial charge in [-0.1, -0.05) is 23.7 Å². The van der Waals surface area contributed by atoms with E-state index in [1.165, 1.54) is 25.3 Å². The normalized spacial score (nSPS) is 12.5. The summed E-state index contributed by atoms with van der Waals surface area (Å²) in [6.45, 7) is 1.49. The second-order valence-electron chi connectivity index (χ2n) is 5.62. The van der Waals surface area contributed by atoms with E-state index in [2.05, 4.69) is 4.98 Å². The van der Waals surface area contributed by atoms with Crippen LogP contribution in [0.1, 0.15) is 48.3 Å². The van der Waals surface area contributed by atoms with Crippen LogP contribution >= 0.6 is 11.6 Å². The number of ketones is 2. The van der Waals surface area contributed by atoms with Gasteiger partial charge in [-0.05, 0) is 31.2 Å². The van der Waals surface area contributed by atoms with Crippen LogP contribution in [0.25, 0.3) is 0 Å². The molecule has 26 heavy (non-hydrogen) atoms. The molecule has 1 aromatic carbocycles. The number of hydrogen-bond acceptors (Lipinski definition) is 6. The van der Waals surface area contributed by atoms with Gasteiger partial charge in [0.25, 0.3) is 0 Å². The molecule has 2 aromatic heterocycles. The summed E-state index contributed by atoms with van der Waals surface area (Å²) < 4.78 is 10.7. The fraction of sp³-hybridized carbons (Fsp3) is 0.0526. The highest BCUT2D eigenvalue weighted by Gasteiger charge is 2.39. The number of fused-ring (bicyclic) bond motifs is 2. The van der Waals surface area contributed by atoms with Crippen LogP contribution in [0.15, 0.2) is 47.0 Å². The number of aryl methyl sites for hydroxylation is 1. The Balaban J connectivity index is 1.82. The number of furan rings is 1. The number of para-hydroxylation sites is 1. The van der Waals surface area contributed by atoms with Gasteiger partial charge in [0, 0.05) is 6.20 Å². The Labute approximate surface area is 152 Å². The lowest BCUT2D eigenvalue weighted by molar-refractivity contribution is 0.0729. The van der Waals surface area contributed by atoms with E-state index < -0.39 is 17.5 Å². The zero-order chi connectivity index (χ0) is 18.4. The van der Waals surface area contributed by atoms with Gasteiger partial charge in [-0.25, -0.2) is 4.79 Å². The predicted molar refractivity (Wildman–Crippen MR) is 91.0 cm³/mol. The maximum Gasteiger partial charge on any atom is 0.347 e. The van der Waals surface area contributed by atoms with Crippen molar-refractivity contribution < 1.29 is 23.5 Å². The largest absolute Gasteiger partial charge is 0.456 e. The molecule has 0 saturated carbocycles. The average molecular weight is 368 g/mol. The summed E-state index contributed by atoms with van der Waals surface area (Å²) in [5.41, 5.74) is -0.104. The summed E-state index contributed by atoms with van der Waals surface area (Å²) in [5.74, 6) is -1.82. The minimum atomic E-state index is -0.832. The molecule has 0 aliphatic heterocycles. The molecule has 6 nitrogen and oxygen atoms in total. The van der Waals surface area contributed by atoms with Crippen molar-refractivity contribution in [3.8, 4) is 5.75 Å². The minimum absolute atomic E-state index is 0.0161. The summed E-state index contributed by atoms with van der Waals surface area (Å²) >= 11 is 6.00. The van der Waals surface area contributed by atoms with Crippen LogP contribution in [0.4, 0.5) is 0 Å². The molecule has 0 radical (unpaired) electrons. The fourth-order valence-electron chi connectivity index (χ4n) is 2.86. The summed E-state index contributed by atoms with van der Waals surface area (Å²) in [4.78, 5) is 42.0. The van der Waals surface area contributed by atoms with Gasteiger partial charge in [0.2, 0.25) is 11.6 Å². The summed E-state index contributed by atoms with van der Waals surface area (Å²) in [6, 6.07) is 9.47. The van der Waals surface area contributed by atoms with Crippen LogP contribution in [0.3, 0.4) is 0 Å². The van der Waals surface area contributed by atoms with Crippen LogP contribution in [0.5, 0.6) is 5.75 Å². The third-order valence-electron chi connectivity index (χ3n) is 4.03. The zero-order valence-corrected chi connectivity index (χ0v) is 14.2. The highest BCUT2D eigenvalue weighted by atomic mass is 35.5. The molecule has 2 heterocycles. The highest BCUT2D eigenvalue weighted by Crippen LogP contribution is 2.33. The lowest BCUT2D eigenvalue weighted by atomic mass is 9.90. The second kappa shape index (κ2) is 5.93. The molecule has 0 N–H and O–H groups in total. The first kappa shape index (κ1) is 16.2. The van der Waals surface area contributed by atoms with Gasteiger partial charge < -0.3 is 9.15 Å². The molecule has 1 aliphatic carbocycles. The Kier molecular flexibility index (Phi) is 3.70. The van der Waals surface area contributed by atoms with E-state index in [-0.39, 0.29) is 44.7 Å². The van der Waals surface area contributed by atoms with Crippen LogP contribution in [0, 0.1) is 6.92 Å². The van der Waals surface area contributed by atoms with Crippen molar-refractivity contribution in [2.75, 3.05) is 0 Å². The van der Waals surface area contributed by atoms with Gasteiger partial charge in [-0.3, -0.25) is 14.6 Å². The molecule has 128 valence electrons. The van der Waals surface area contributed by atoms with Crippen molar-refractivity contribution >= 4 is 29.1 Å². The molecule has 0 unspecified atom stereocenters. The maximum atomic E-state index is 12.8. The molecule has 0 atom stereocenters. The van der Waals surface area contributed by atoms with Crippen LogP contribution in [0.2, 0.25) is 5.02 Å². The second-order valence-corrected chi connectivity index (χ2v) is 6.02. The van der Waals surface area contributed by atoms with Gasteiger partial charge in [-0.2, -0.15) is 0 Å². The van der Waals surface area contributed by atoms with E-state index in [0.717, 1.165) is 0 Å². The number of rotatable bonds is 2. The zero-order valence-electron chi connectivity index (χ0n) is 13.4. The van der Waals surface area contributed by atoms with Crippen LogP contribution in [-0.2, 0) is 0 Å². The number of ether oxygens (including phenoxy) is 1. The highest BCUT2D eigenvalue weighted by molar-refractivity contribution is 6.32. The first-order valence-corrected chi connectivity index (χ1v) is 8.01. The van der Waals surface area contributed by atoms with E-state index in [9.17, 15) is 14.4 Å². The minimum Gasteiger partial charge on any atom is -0.456 e. The fourth-order valence-corrected chi connectivity index (χ4v) is 3.03.